The van der Waals surface area contributed by atoms with Crippen LogP contribution in [0, 0.1) is 0 Å². The van der Waals surface area contributed by atoms with E-state index >= 15 is 0 Å². The molecule has 1 aliphatic heterocycles. The van der Waals surface area contributed by atoms with Gasteiger partial charge in [0.05, 0.1) is 6.61 Å². The predicted molar refractivity (Wildman–Crippen MR) is 102 cm³/mol. The molecule has 0 amide bonds. The van der Waals surface area contributed by atoms with Crippen molar-refractivity contribution in [1.29, 1.82) is 0 Å². The molecule has 2 aromatic heterocycles. The van der Waals surface area contributed by atoms with Crippen LogP contribution in [0.4, 0.5) is 5.95 Å². The zero-order valence-electron chi connectivity index (χ0n) is 15.3. The van der Waals surface area contributed by atoms with Crippen LogP contribution in [0.5, 0.6) is 0 Å². The van der Waals surface area contributed by atoms with Crippen LogP contribution in [0.2, 0.25) is 0 Å². The van der Waals surface area contributed by atoms with Gasteiger partial charge in [0, 0.05) is 56.1 Å². The molecule has 3 aromatic rings. The summed E-state index contributed by atoms with van der Waals surface area (Å²) >= 11 is 0. The first-order chi connectivity index (χ1) is 13.3. The highest BCUT2D eigenvalue weighted by molar-refractivity contribution is 5.96. The summed E-state index contributed by atoms with van der Waals surface area (Å²) in [5.41, 5.74) is 1.61. The topological polar surface area (TPSA) is 71.7 Å². The van der Waals surface area contributed by atoms with E-state index in [9.17, 15) is 4.79 Å². The van der Waals surface area contributed by atoms with Gasteiger partial charge in [-0.15, -0.1) is 0 Å². The van der Waals surface area contributed by atoms with Gasteiger partial charge in [-0.2, -0.15) is 0 Å². The monoisotopic (exact) mass is 366 g/mol. The third-order valence-corrected chi connectivity index (χ3v) is 4.75. The second-order valence-corrected chi connectivity index (χ2v) is 6.44. The van der Waals surface area contributed by atoms with E-state index in [0.29, 0.717) is 24.5 Å². The van der Waals surface area contributed by atoms with Crippen molar-refractivity contribution in [2.45, 2.75) is 13.5 Å². The van der Waals surface area contributed by atoms with Crippen LogP contribution in [0.25, 0.3) is 11.0 Å². The van der Waals surface area contributed by atoms with E-state index in [2.05, 4.69) is 19.8 Å². The molecule has 1 fully saturated rings. The van der Waals surface area contributed by atoms with Gasteiger partial charge in [0.2, 0.25) is 11.7 Å². The molecule has 0 aliphatic carbocycles. The van der Waals surface area contributed by atoms with Gasteiger partial charge in [0.25, 0.3) is 0 Å². The fraction of sp³-hybridized carbons (Fsp3) is 0.350. The number of carbonyl (C=O) groups excluding carboxylic acids is 1. The largest absolute Gasteiger partial charge is 0.460 e. The second-order valence-electron chi connectivity index (χ2n) is 6.44. The Kier molecular flexibility index (Phi) is 5.02. The van der Waals surface area contributed by atoms with Gasteiger partial charge in [0.15, 0.2) is 0 Å². The summed E-state index contributed by atoms with van der Waals surface area (Å²) < 4.78 is 11.0. The van der Waals surface area contributed by atoms with E-state index < -0.39 is 5.97 Å². The number of piperazine rings is 1. The van der Waals surface area contributed by atoms with E-state index in [1.54, 1.807) is 19.3 Å². The standard InChI is InChI=1S/C20H22N4O3/c1-2-26-19(25)18-16(15-6-3-4-7-17(15)27-18)14-23-10-12-24(13-11-23)20-21-8-5-9-22-20/h3-9H,2,10-14H2,1H3. The first-order valence-corrected chi connectivity index (χ1v) is 9.18. The van der Waals surface area contributed by atoms with Gasteiger partial charge < -0.3 is 14.1 Å². The summed E-state index contributed by atoms with van der Waals surface area (Å²) in [7, 11) is 0. The molecule has 7 nitrogen and oxygen atoms in total. The lowest BCUT2D eigenvalue weighted by Gasteiger charge is -2.34. The summed E-state index contributed by atoms with van der Waals surface area (Å²) in [4.78, 5) is 25.5. The van der Waals surface area contributed by atoms with Crippen molar-refractivity contribution in [1.82, 2.24) is 14.9 Å². The molecule has 1 saturated heterocycles. The maximum absolute atomic E-state index is 12.4. The van der Waals surface area contributed by atoms with Crippen LogP contribution >= 0.6 is 0 Å². The maximum Gasteiger partial charge on any atom is 0.374 e. The van der Waals surface area contributed by atoms with Gasteiger partial charge >= 0.3 is 5.97 Å². The molecule has 0 N–H and O–H groups in total. The Hall–Kier alpha value is -2.93. The number of para-hydroxylation sites is 1. The Morgan fingerprint density at radius 1 is 1.11 bits per heavy atom. The van der Waals surface area contributed by atoms with Crippen LogP contribution in [-0.4, -0.2) is 53.6 Å². The average molecular weight is 366 g/mol. The Morgan fingerprint density at radius 2 is 1.85 bits per heavy atom. The average Bonchev–Trinajstić information content (AvgIpc) is 3.08. The van der Waals surface area contributed by atoms with Crippen molar-refractivity contribution < 1.29 is 13.9 Å². The van der Waals surface area contributed by atoms with Crippen LogP contribution in [-0.2, 0) is 11.3 Å². The number of anilines is 1. The number of carbonyl (C=O) groups is 1. The number of nitrogens with zero attached hydrogens (tertiary/aromatic N) is 4. The van der Waals surface area contributed by atoms with Gasteiger partial charge in [-0.1, -0.05) is 18.2 Å². The van der Waals surface area contributed by atoms with Crippen LogP contribution in [0.3, 0.4) is 0 Å². The maximum atomic E-state index is 12.4. The summed E-state index contributed by atoms with van der Waals surface area (Å²) in [6.45, 7) is 6.17. The first-order valence-electron chi connectivity index (χ1n) is 9.18. The molecule has 140 valence electrons. The molecule has 4 rings (SSSR count). The summed E-state index contributed by atoms with van der Waals surface area (Å²) in [6.07, 6.45) is 3.52. The molecule has 0 atom stereocenters. The Bertz CT molecular complexity index is 917. The van der Waals surface area contributed by atoms with Crippen molar-refractivity contribution in [3.63, 3.8) is 0 Å². The fourth-order valence-electron chi connectivity index (χ4n) is 3.40. The SMILES string of the molecule is CCOC(=O)c1oc2ccccc2c1CN1CCN(c2ncccn2)CC1. The number of ether oxygens (including phenoxy) is 1. The lowest BCUT2D eigenvalue weighted by Crippen LogP contribution is -2.46. The third-order valence-electron chi connectivity index (χ3n) is 4.75. The molecule has 0 radical (unpaired) electrons. The number of furan rings is 1. The van der Waals surface area contributed by atoms with Gasteiger partial charge in [-0.05, 0) is 19.1 Å². The Balaban J connectivity index is 1.52. The Labute approximate surface area is 157 Å². The molecular weight excluding hydrogens is 344 g/mol. The fourth-order valence-corrected chi connectivity index (χ4v) is 3.40. The highest BCUT2D eigenvalue weighted by Crippen LogP contribution is 2.28. The number of rotatable bonds is 5. The summed E-state index contributed by atoms with van der Waals surface area (Å²) in [6, 6.07) is 9.56. The number of benzene rings is 1. The minimum Gasteiger partial charge on any atom is -0.460 e. The molecule has 0 saturated carbocycles. The van der Waals surface area contributed by atoms with Crippen molar-refractivity contribution in [3.8, 4) is 0 Å². The zero-order chi connectivity index (χ0) is 18.6. The van der Waals surface area contributed by atoms with E-state index in [4.69, 9.17) is 9.15 Å². The van der Waals surface area contributed by atoms with Crippen LogP contribution < -0.4 is 4.90 Å². The molecule has 3 heterocycles. The minimum atomic E-state index is -0.403. The van der Waals surface area contributed by atoms with Gasteiger partial charge in [0.1, 0.15) is 5.58 Å². The lowest BCUT2D eigenvalue weighted by atomic mass is 10.1. The van der Waals surface area contributed by atoms with E-state index in [0.717, 1.165) is 43.1 Å². The predicted octanol–water partition coefficient (Wildman–Crippen LogP) is 2.72. The van der Waals surface area contributed by atoms with E-state index in [1.165, 1.54) is 0 Å². The molecular formula is C20H22N4O3. The van der Waals surface area contributed by atoms with Crippen molar-refractivity contribution >= 4 is 22.9 Å². The van der Waals surface area contributed by atoms with Crippen LogP contribution in [0.1, 0.15) is 23.0 Å². The Morgan fingerprint density at radius 3 is 2.59 bits per heavy atom. The normalized spacial score (nSPS) is 15.2. The first kappa shape index (κ1) is 17.5. The highest BCUT2D eigenvalue weighted by atomic mass is 16.5. The van der Waals surface area contributed by atoms with Crippen molar-refractivity contribution in [2.24, 2.45) is 0 Å². The van der Waals surface area contributed by atoms with Gasteiger partial charge in [-0.3, -0.25) is 4.90 Å². The lowest BCUT2D eigenvalue weighted by molar-refractivity contribution is 0.0489. The highest BCUT2D eigenvalue weighted by Gasteiger charge is 2.25. The molecule has 1 aliphatic rings. The third kappa shape index (κ3) is 3.64. The molecule has 0 unspecified atom stereocenters. The number of hydrogen-bond acceptors (Lipinski definition) is 7. The molecule has 0 bridgehead atoms. The molecule has 0 spiro atoms. The van der Waals surface area contributed by atoms with Gasteiger partial charge in [-0.25, -0.2) is 14.8 Å². The van der Waals surface area contributed by atoms with Crippen molar-refractivity contribution in [3.05, 3.63) is 54.0 Å². The number of esters is 1. The smallest absolute Gasteiger partial charge is 0.374 e. The summed E-state index contributed by atoms with van der Waals surface area (Å²) in [5.74, 6) is 0.671. The quantitative estimate of drug-likeness (QED) is 0.643. The number of hydrogen-bond donors (Lipinski definition) is 0. The number of aromatic nitrogens is 2. The summed E-state index contributed by atoms with van der Waals surface area (Å²) in [5, 5.41) is 0.967. The number of fused-ring (bicyclic) bond motifs is 1. The van der Waals surface area contributed by atoms with E-state index in [-0.39, 0.29) is 0 Å². The van der Waals surface area contributed by atoms with Crippen molar-refractivity contribution in [2.75, 3.05) is 37.7 Å². The van der Waals surface area contributed by atoms with Crippen LogP contribution in [0.15, 0.2) is 47.1 Å². The molecule has 1 aromatic carbocycles. The minimum absolute atomic E-state index is 0.312. The van der Waals surface area contributed by atoms with E-state index in [1.807, 2.05) is 30.3 Å². The molecule has 27 heavy (non-hydrogen) atoms. The zero-order valence-corrected chi connectivity index (χ0v) is 15.3. The molecule has 7 heteroatoms. The second kappa shape index (κ2) is 7.75.